The average Bonchev–Trinajstić information content (AvgIpc) is 2.78. The van der Waals surface area contributed by atoms with Gasteiger partial charge in [-0.1, -0.05) is 29.8 Å². The summed E-state index contributed by atoms with van der Waals surface area (Å²) < 4.78 is 5.77. The molecule has 1 unspecified atom stereocenters. The van der Waals surface area contributed by atoms with E-state index in [1.807, 2.05) is 51.1 Å². The van der Waals surface area contributed by atoms with E-state index in [4.69, 9.17) is 22.1 Å². The van der Waals surface area contributed by atoms with Gasteiger partial charge in [0.15, 0.2) is 6.61 Å². The standard InChI is InChI=1S/C24H33ClN4O3/c1-15-16(2)24(22(25)17(3)23(15)26)32-14-21(31)28-19-9-11-29(12-10-19)13-20(30)27-18-7-5-4-6-8-18/h4-8,19-20,27,30H,9-14,26H2,1-3H3,(H,28,31). The first-order valence-corrected chi connectivity index (χ1v) is 11.3. The third kappa shape index (κ3) is 6.06. The molecule has 1 atom stereocenters. The summed E-state index contributed by atoms with van der Waals surface area (Å²) in [6, 6.07) is 9.74. The fraction of sp³-hybridized carbons (Fsp3) is 0.458. The molecule has 0 radical (unpaired) electrons. The van der Waals surface area contributed by atoms with Crippen LogP contribution in [-0.2, 0) is 4.79 Å². The summed E-state index contributed by atoms with van der Waals surface area (Å²) in [5, 5.41) is 16.9. The van der Waals surface area contributed by atoms with Gasteiger partial charge < -0.3 is 26.2 Å². The van der Waals surface area contributed by atoms with Gasteiger partial charge in [-0.05, 0) is 62.4 Å². The highest BCUT2D eigenvalue weighted by Gasteiger charge is 2.23. The number of amides is 1. The number of rotatable bonds is 8. The molecule has 3 rings (SSSR count). The number of nitrogens with two attached hydrogens (primary N) is 1. The minimum absolute atomic E-state index is 0.0908. The molecule has 2 aromatic rings. The number of para-hydroxylation sites is 1. The summed E-state index contributed by atoms with van der Waals surface area (Å²) in [6.07, 6.45) is 1.00. The van der Waals surface area contributed by atoms with Crippen molar-refractivity contribution in [2.75, 3.05) is 37.3 Å². The van der Waals surface area contributed by atoms with Crippen LogP contribution in [0.1, 0.15) is 29.5 Å². The molecule has 7 nitrogen and oxygen atoms in total. The maximum absolute atomic E-state index is 12.4. The van der Waals surface area contributed by atoms with Gasteiger partial charge in [-0.3, -0.25) is 9.69 Å². The summed E-state index contributed by atoms with van der Waals surface area (Å²) in [4.78, 5) is 14.6. The third-order valence-corrected chi connectivity index (χ3v) is 6.53. The van der Waals surface area contributed by atoms with E-state index in [0.717, 1.165) is 48.3 Å². The molecule has 0 spiro atoms. The SMILES string of the molecule is Cc1c(C)c(OCC(=O)NC2CCN(CC(O)Nc3ccccc3)CC2)c(Cl)c(C)c1N. The number of ether oxygens (including phenoxy) is 1. The Morgan fingerprint density at radius 1 is 1.19 bits per heavy atom. The smallest absolute Gasteiger partial charge is 0.258 e. The zero-order valence-corrected chi connectivity index (χ0v) is 19.7. The predicted molar refractivity (Wildman–Crippen MR) is 129 cm³/mol. The lowest BCUT2D eigenvalue weighted by Gasteiger charge is -2.33. The Hall–Kier alpha value is -2.48. The number of nitrogens with zero attached hydrogens (tertiary/aromatic N) is 1. The molecule has 0 saturated carbocycles. The number of piperidine rings is 1. The predicted octanol–water partition coefficient (Wildman–Crippen LogP) is 3.24. The van der Waals surface area contributed by atoms with E-state index in [2.05, 4.69) is 15.5 Å². The van der Waals surface area contributed by atoms with Crippen molar-refractivity contribution in [3.8, 4) is 5.75 Å². The molecule has 2 aromatic carbocycles. The number of anilines is 2. The molecule has 1 saturated heterocycles. The van der Waals surface area contributed by atoms with Gasteiger partial charge in [0.1, 0.15) is 12.0 Å². The number of likely N-dealkylation sites (tertiary alicyclic amines) is 1. The number of benzene rings is 2. The number of hydrogen-bond acceptors (Lipinski definition) is 6. The van der Waals surface area contributed by atoms with E-state index >= 15 is 0 Å². The quantitative estimate of drug-likeness (QED) is 0.356. The Labute approximate surface area is 194 Å². The Kier molecular flexibility index (Phi) is 8.23. The van der Waals surface area contributed by atoms with E-state index in [1.54, 1.807) is 0 Å². The fourth-order valence-electron chi connectivity index (χ4n) is 3.96. The number of hydrogen-bond donors (Lipinski definition) is 4. The molecule has 1 aliphatic rings. The van der Waals surface area contributed by atoms with Gasteiger partial charge in [-0.25, -0.2) is 0 Å². The zero-order chi connectivity index (χ0) is 23.3. The summed E-state index contributed by atoms with van der Waals surface area (Å²) in [6.45, 7) is 7.70. The molecular formula is C24H33ClN4O3. The molecule has 1 amide bonds. The Bertz CT molecular complexity index is 902. The van der Waals surface area contributed by atoms with Crippen LogP contribution < -0.4 is 21.1 Å². The summed E-state index contributed by atoms with van der Waals surface area (Å²) >= 11 is 6.39. The molecule has 1 fully saturated rings. The highest BCUT2D eigenvalue weighted by atomic mass is 35.5. The summed E-state index contributed by atoms with van der Waals surface area (Å²) in [7, 11) is 0. The molecule has 32 heavy (non-hydrogen) atoms. The second-order valence-corrected chi connectivity index (χ2v) is 8.77. The van der Waals surface area contributed by atoms with Gasteiger partial charge in [-0.15, -0.1) is 0 Å². The zero-order valence-electron chi connectivity index (χ0n) is 19.0. The highest BCUT2D eigenvalue weighted by Crippen LogP contribution is 2.38. The van der Waals surface area contributed by atoms with Crippen LogP contribution in [0.3, 0.4) is 0 Å². The first kappa shape index (κ1) is 24.2. The average molecular weight is 461 g/mol. The van der Waals surface area contributed by atoms with E-state index in [9.17, 15) is 9.90 Å². The second-order valence-electron chi connectivity index (χ2n) is 8.39. The lowest BCUT2D eigenvalue weighted by molar-refractivity contribution is -0.124. The van der Waals surface area contributed by atoms with Crippen molar-refractivity contribution >= 4 is 28.9 Å². The van der Waals surface area contributed by atoms with Crippen molar-refractivity contribution in [3.05, 3.63) is 52.0 Å². The van der Waals surface area contributed by atoms with Gasteiger partial charge in [0.25, 0.3) is 5.91 Å². The molecule has 1 aliphatic heterocycles. The van der Waals surface area contributed by atoms with Gasteiger partial charge in [0, 0.05) is 37.1 Å². The van der Waals surface area contributed by atoms with Crippen LogP contribution in [0.25, 0.3) is 0 Å². The number of carbonyl (C=O) groups is 1. The maximum Gasteiger partial charge on any atom is 0.258 e. The third-order valence-electron chi connectivity index (χ3n) is 6.08. The maximum atomic E-state index is 12.4. The molecule has 5 N–H and O–H groups in total. The van der Waals surface area contributed by atoms with Gasteiger partial charge >= 0.3 is 0 Å². The number of β-amino-alcohol motifs (C(OH)–C–C–N with tert-alkyl or cyclic N) is 1. The number of nitrogen functional groups attached to an aromatic ring is 1. The van der Waals surface area contributed by atoms with Crippen molar-refractivity contribution < 1.29 is 14.6 Å². The van der Waals surface area contributed by atoms with Gasteiger partial charge in [-0.2, -0.15) is 0 Å². The molecule has 8 heteroatoms. The normalized spacial score (nSPS) is 15.9. The van der Waals surface area contributed by atoms with Crippen molar-refractivity contribution in [1.29, 1.82) is 0 Å². The van der Waals surface area contributed by atoms with Crippen LogP contribution in [0.2, 0.25) is 5.02 Å². The summed E-state index contributed by atoms with van der Waals surface area (Å²) in [5.74, 6) is 0.345. The van der Waals surface area contributed by atoms with Crippen LogP contribution in [0, 0.1) is 20.8 Å². The van der Waals surface area contributed by atoms with Crippen LogP contribution in [0.15, 0.2) is 30.3 Å². The van der Waals surface area contributed by atoms with Crippen LogP contribution in [0.5, 0.6) is 5.75 Å². The van der Waals surface area contributed by atoms with E-state index < -0.39 is 6.23 Å². The number of aliphatic hydroxyl groups excluding tert-OH is 1. The van der Waals surface area contributed by atoms with E-state index in [1.165, 1.54) is 0 Å². The highest BCUT2D eigenvalue weighted by molar-refractivity contribution is 6.33. The van der Waals surface area contributed by atoms with E-state index in [-0.39, 0.29) is 18.6 Å². The monoisotopic (exact) mass is 460 g/mol. The minimum Gasteiger partial charge on any atom is -0.482 e. The van der Waals surface area contributed by atoms with Crippen molar-refractivity contribution in [1.82, 2.24) is 10.2 Å². The Morgan fingerprint density at radius 2 is 1.84 bits per heavy atom. The second kappa shape index (κ2) is 10.9. The van der Waals surface area contributed by atoms with Crippen LogP contribution in [0.4, 0.5) is 11.4 Å². The van der Waals surface area contributed by atoms with Crippen molar-refractivity contribution in [3.63, 3.8) is 0 Å². The fourth-order valence-corrected chi connectivity index (χ4v) is 4.26. The number of nitrogens with one attached hydrogen (secondary N) is 2. The van der Waals surface area contributed by atoms with Gasteiger partial charge in [0.05, 0.1) is 5.02 Å². The Morgan fingerprint density at radius 3 is 2.50 bits per heavy atom. The number of halogens is 1. The lowest BCUT2D eigenvalue weighted by Crippen LogP contribution is -2.48. The first-order valence-electron chi connectivity index (χ1n) is 10.9. The number of aliphatic hydroxyl groups is 1. The van der Waals surface area contributed by atoms with Crippen molar-refractivity contribution in [2.24, 2.45) is 0 Å². The minimum atomic E-state index is -0.642. The largest absolute Gasteiger partial charge is 0.482 e. The molecule has 0 bridgehead atoms. The molecule has 0 aliphatic carbocycles. The topological polar surface area (TPSA) is 99.8 Å². The molecular weight excluding hydrogens is 428 g/mol. The summed E-state index contributed by atoms with van der Waals surface area (Å²) in [5.41, 5.74) is 10.1. The van der Waals surface area contributed by atoms with Crippen molar-refractivity contribution in [2.45, 2.75) is 45.9 Å². The van der Waals surface area contributed by atoms with E-state index in [0.29, 0.717) is 23.0 Å². The van der Waals surface area contributed by atoms with Crippen LogP contribution >= 0.6 is 11.6 Å². The molecule has 1 heterocycles. The lowest BCUT2D eigenvalue weighted by atomic mass is 10.0. The number of carbonyl (C=O) groups excluding carboxylic acids is 1. The van der Waals surface area contributed by atoms with Gasteiger partial charge in [0.2, 0.25) is 0 Å². The molecule has 0 aromatic heterocycles. The van der Waals surface area contributed by atoms with Crippen LogP contribution in [-0.4, -0.2) is 54.4 Å². The first-order chi connectivity index (χ1) is 15.3. The Balaban J connectivity index is 1.42. The molecule has 174 valence electrons.